The number of hydrogen-bond acceptors (Lipinski definition) is 4. The quantitative estimate of drug-likeness (QED) is 0.802. The van der Waals surface area contributed by atoms with Gasteiger partial charge in [-0.25, -0.2) is 4.98 Å². The lowest BCUT2D eigenvalue weighted by Gasteiger charge is -2.07. The number of aromatic nitrogens is 2. The first-order valence-electron chi connectivity index (χ1n) is 7.08. The summed E-state index contributed by atoms with van der Waals surface area (Å²) < 4.78 is 4.99. The van der Waals surface area contributed by atoms with Crippen molar-refractivity contribution in [2.24, 2.45) is 0 Å². The summed E-state index contributed by atoms with van der Waals surface area (Å²) in [5, 5.41) is 2.80. The fraction of sp³-hybridized carbons (Fsp3) is 0.0556. The highest BCUT2D eigenvalue weighted by Gasteiger charge is 2.07. The lowest BCUT2D eigenvalue weighted by molar-refractivity contribution is 0.102. The first kappa shape index (κ1) is 14.7. The molecule has 114 valence electrons. The van der Waals surface area contributed by atoms with Crippen molar-refractivity contribution in [3.05, 3.63) is 72.7 Å². The average molecular weight is 305 g/mol. The molecule has 0 aliphatic rings. The van der Waals surface area contributed by atoms with Gasteiger partial charge in [-0.15, -0.1) is 0 Å². The molecule has 0 radical (unpaired) electrons. The van der Waals surface area contributed by atoms with Crippen LogP contribution < -0.4 is 10.1 Å². The molecule has 0 unspecified atom stereocenters. The Bertz CT molecular complexity index is 785. The molecule has 23 heavy (non-hydrogen) atoms. The normalized spacial score (nSPS) is 10.1. The van der Waals surface area contributed by atoms with E-state index in [-0.39, 0.29) is 5.91 Å². The minimum absolute atomic E-state index is 0.185. The van der Waals surface area contributed by atoms with E-state index in [0.29, 0.717) is 17.1 Å². The number of hydrogen-bond donors (Lipinski definition) is 1. The molecule has 0 atom stereocenters. The number of carbonyl (C=O) groups excluding carboxylic acids is 1. The standard InChI is InChI=1S/C18H15N3O2/c1-23-17-9-8-16(12-20-17)21-18(22)14-6-4-13(5-7-14)15-3-2-10-19-11-15/h2-12H,1H3,(H,21,22). The Morgan fingerprint density at radius 2 is 1.83 bits per heavy atom. The Labute approximate surface area is 134 Å². The third-order valence-electron chi connectivity index (χ3n) is 3.35. The second-order valence-corrected chi connectivity index (χ2v) is 4.86. The molecular weight excluding hydrogens is 290 g/mol. The Kier molecular flexibility index (Phi) is 4.29. The summed E-state index contributed by atoms with van der Waals surface area (Å²) >= 11 is 0. The fourth-order valence-corrected chi connectivity index (χ4v) is 2.13. The average Bonchev–Trinajstić information content (AvgIpc) is 2.63. The van der Waals surface area contributed by atoms with Gasteiger partial charge in [0.05, 0.1) is 19.0 Å². The number of ether oxygens (including phenoxy) is 1. The minimum Gasteiger partial charge on any atom is -0.481 e. The maximum Gasteiger partial charge on any atom is 0.255 e. The zero-order valence-electron chi connectivity index (χ0n) is 12.6. The van der Waals surface area contributed by atoms with Crippen LogP contribution in [0.5, 0.6) is 5.88 Å². The minimum atomic E-state index is -0.185. The Morgan fingerprint density at radius 3 is 2.43 bits per heavy atom. The number of carbonyl (C=O) groups is 1. The van der Waals surface area contributed by atoms with E-state index in [0.717, 1.165) is 11.1 Å². The van der Waals surface area contributed by atoms with Gasteiger partial charge in [-0.2, -0.15) is 0 Å². The number of pyridine rings is 2. The molecule has 0 fully saturated rings. The second kappa shape index (κ2) is 6.70. The number of rotatable bonds is 4. The number of amides is 1. The highest BCUT2D eigenvalue weighted by Crippen LogP contribution is 2.19. The Morgan fingerprint density at radius 1 is 1.00 bits per heavy atom. The molecule has 0 saturated heterocycles. The third-order valence-corrected chi connectivity index (χ3v) is 3.35. The summed E-state index contributed by atoms with van der Waals surface area (Å²) in [5.41, 5.74) is 3.22. The molecule has 2 aromatic heterocycles. The predicted octanol–water partition coefficient (Wildman–Crippen LogP) is 3.40. The monoisotopic (exact) mass is 305 g/mol. The molecule has 1 aromatic carbocycles. The summed E-state index contributed by atoms with van der Waals surface area (Å²) in [6, 6.07) is 14.7. The third kappa shape index (κ3) is 3.52. The van der Waals surface area contributed by atoms with E-state index in [1.165, 1.54) is 0 Å². The topological polar surface area (TPSA) is 64.1 Å². The molecule has 5 heteroatoms. The molecule has 3 rings (SSSR count). The fourth-order valence-electron chi connectivity index (χ4n) is 2.13. The lowest BCUT2D eigenvalue weighted by Crippen LogP contribution is -2.11. The zero-order chi connectivity index (χ0) is 16.1. The molecule has 0 saturated carbocycles. The summed E-state index contributed by atoms with van der Waals surface area (Å²) in [6.07, 6.45) is 5.08. The number of methoxy groups -OCH3 is 1. The number of benzene rings is 1. The summed E-state index contributed by atoms with van der Waals surface area (Å²) in [6.45, 7) is 0. The van der Waals surface area contributed by atoms with Gasteiger partial charge in [0, 0.05) is 24.0 Å². The SMILES string of the molecule is COc1ccc(NC(=O)c2ccc(-c3cccnc3)cc2)cn1. The van der Waals surface area contributed by atoms with Crippen LogP contribution in [0.25, 0.3) is 11.1 Å². The van der Waals surface area contributed by atoms with Crippen molar-refractivity contribution in [3.63, 3.8) is 0 Å². The second-order valence-electron chi connectivity index (χ2n) is 4.86. The van der Waals surface area contributed by atoms with Crippen LogP contribution in [0.15, 0.2) is 67.1 Å². The Balaban J connectivity index is 1.72. The smallest absolute Gasteiger partial charge is 0.255 e. The van der Waals surface area contributed by atoms with Gasteiger partial charge in [-0.05, 0) is 35.4 Å². The molecule has 1 amide bonds. The van der Waals surface area contributed by atoms with Gasteiger partial charge < -0.3 is 10.1 Å². The van der Waals surface area contributed by atoms with Gasteiger partial charge in [-0.1, -0.05) is 18.2 Å². The van der Waals surface area contributed by atoms with Crippen molar-refractivity contribution >= 4 is 11.6 Å². The van der Waals surface area contributed by atoms with Crippen LogP contribution in [0.3, 0.4) is 0 Å². The van der Waals surface area contributed by atoms with Gasteiger partial charge in [0.1, 0.15) is 0 Å². The summed E-state index contributed by atoms with van der Waals surface area (Å²) in [4.78, 5) is 20.4. The highest BCUT2D eigenvalue weighted by atomic mass is 16.5. The van der Waals surface area contributed by atoms with Crippen molar-refractivity contribution in [2.45, 2.75) is 0 Å². The van der Waals surface area contributed by atoms with Crippen molar-refractivity contribution in [1.29, 1.82) is 0 Å². The maximum atomic E-state index is 12.2. The molecule has 5 nitrogen and oxygen atoms in total. The van der Waals surface area contributed by atoms with Crippen LogP contribution in [0.1, 0.15) is 10.4 Å². The van der Waals surface area contributed by atoms with Gasteiger partial charge >= 0.3 is 0 Å². The van der Waals surface area contributed by atoms with E-state index in [1.54, 1.807) is 50.0 Å². The van der Waals surface area contributed by atoms with Gasteiger partial charge in [0.2, 0.25) is 5.88 Å². The van der Waals surface area contributed by atoms with E-state index in [2.05, 4.69) is 15.3 Å². The molecule has 0 spiro atoms. The van der Waals surface area contributed by atoms with Crippen LogP contribution >= 0.6 is 0 Å². The molecule has 3 aromatic rings. The van der Waals surface area contributed by atoms with Gasteiger partial charge in [0.25, 0.3) is 5.91 Å². The maximum absolute atomic E-state index is 12.2. The van der Waals surface area contributed by atoms with E-state index in [1.807, 2.05) is 24.3 Å². The van der Waals surface area contributed by atoms with Crippen molar-refractivity contribution in [2.75, 3.05) is 12.4 Å². The van der Waals surface area contributed by atoms with E-state index >= 15 is 0 Å². The molecule has 2 heterocycles. The van der Waals surface area contributed by atoms with Crippen molar-refractivity contribution in [1.82, 2.24) is 9.97 Å². The molecular formula is C18H15N3O2. The van der Waals surface area contributed by atoms with Gasteiger partial charge in [-0.3, -0.25) is 9.78 Å². The van der Waals surface area contributed by atoms with E-state index in [9.17, 15) is 4.79 Å². The molecule has 0 aliphatic heterocycles. The van der Waals surface area contributed by atoms with Crippen molar-refractivity contribution < 1.29 is 9.53 Å². The predicted molar refractivity (Wildman–Crippen MR) is 88.4 cm³/mol. The molecule has 1 N–H and O–H groups in total. The van der Waals surface area contributed by atoms with Crippen LogP contribution in [-0.4, -0.2) is 23.0 Å². The highest BCUT2D eigenvalue weighted by molar-refractivity contribution is 6.04. The summed E-state index contributed by atoms with van der Waals surface area (Å²) in [7, 11) is 1.55. The first-order chi connectivity index (χ1) is 11.3. The molecule has 0 bridgehead atoms. The van der Waals surface area contributed by atoms with Crippen LogP contribution in [0.2, 0.25) is 0 Å². The van der Waals surface area contributed by atoms with Crippen LogP contribution in [0, 0.1) is 0 Å². The lowest BCUT2D eigenvalue weighted by atomic mass is 10.1. The van der Waals surface area contributed by atoms with E-state index in [4.69, 9.17) is 4.74 Å². The first-order valence-corrected chi connectivity index (χ1v) is 7.08. The number of nitrogens with zero attached hydrogens (tertiary/aromatic N) is 2. The molecule has 0 aliphatic carbocycles. The van der Waals surface area contributed by atoms with E-state index < -0.39 is 0 Å². The summed E-state index contributed by atoms with van der Waals surface area (Å²) in [5.74, 6) is 0.318. The van der Waals surface area contributed by atoms with Crippen LogP contribution in [-0.2, 0) is 0 Å². The number of nitrogens with one attached hydrogen (secondary N) is 1. The Hall–Kier alpha value is -3.21. The zero-order valence-corrected chi connectivity index (χ0v) is 12.6. The van der Waals surface area contributed by atoms with Gasteiger partial charge in [0.15, 0.2) is 0 Å². The number of anilines is 1. The largest absolute Gasteiger partial charge is 0.481 e. The van der Waals surface area contributed by atoms with Crippen LogP contribution in [0.4, 0.5) is 5.69 Å². The van der Waals surface area contributed by atoms with Crippen molar-refractivity contribution in [3.8, 4) is 17.0 Å².